The monoisotopic (exact) mass is 336 g/mol. The number of rotatable bonds is 3. The number of hydrogen-bond acceptors (Lipinski definition) is 4. The van der Waals surface area contributed by atoms with Crippen LogP contribution < -0.4 is 10.5 Å². The fourth-order valence-electron chi connectivity index (χ4n) is 2.20. The molecule has 23 heavy (non-hydrogen) atoms. The van der Waals surface area contributed by atoms with Crippen LogP contribution in [-0.2, 0) is 17.1 Å². The van der Waals surface area contributed by atoms with Crippen LogP contribution in [0.3, 0.4) is 0 Å². The summed E-state index contributed by atoms with van der Waals surface area (Å²) in [6.45, 7) is 1.49. The number of oxazole rings is 1. The van der Waals surface area contributed by atoms with E-state index in [2.05, 4.69) is 4.72 Å². The molecule has 0 fully saturated rings. The number of aromatic nitrogens is 1. The lowest BCUT2D eigenvalue weighted by atomic mass is 10.2. The van der Waals surface area contributed by atoms with Gasteiger partial charge in [0, 0.05) is 13.1 Å². The van der Waals surface area contributed by atoms with Crippen molar-refractivity contribution < 1.29 is 17.2 Å². The zero-order valence-corrected chi connectivity index (χ0v) is 13.1. The lowest BCUT2D eigenvalue weighted by molar-refractivity contribution is 0.528. The van der Waals surface area contributed by atoms with E-state index in [4.69, 9.17) is 4.42 Å². The average Bonchev–Trinajstić information content (AvgIpc) is 2.76. The van der Waals surface area contributed by atoms with Crippen LogP contribution in [0.25, 0.3) is 11.1 Å². The van der Waals surface area contributed by atoms with Crippen molar-refractivity contribution in [2.24, 2.45) is 7.05 Å². The minimum atomic E-state index is -3.87. The van der Waals surface area contributed by atoms with Crippen LogP contribution in [0.5, 0.6) is 0 Å². The Hall–Kier alpha value is -2.61. The van der Waals surface area contributed by atoms with Gasteiger partial charge in [-0.2, -0.15) is 0 Å². The molecule has 3 rings (SSSR count). The van der Waals surface area contributed by atoms with Gasteiger partial charge in [-0.15, -0.1) is 0 Å². The molecule has 0 amide bonds. The van der Waals surface area contributed by atoms with Gasteiger partial charge in [0.1, 0.15) is 5.82 Å². The van der Waals surface area contributed by atoms with Gasteiger partial charge in [-0.25, -0.2) is 17.6 Å². The average molecular weight is 336 g/mol. The minimum absolute atomic E-state index is 0.0500. The van der Waals surface area contributed by atoms with Gasteiger partial charge < -0.3 is 4.42 Å². The van der Waals surface area contributed by atoms with Crippen LogP contribution >= 0.6 is 0 Å². The zero-order valence-electron chi connectivity index (χ0n) is 12.3. The molecule has 3 aromatic rings. The van der Waals surface area contributed by atoms with Gasteiger partial charge in [-0.3, -0.25) is 9.29 Å². The Balaban J connectivity index is 1.99. The van der Waals surface area contributed by atoms with Crippen LogP contribution in [0.4, 0.5) is 10.1 Å². The summed E-state index contributed by atoms with van der Waals surface area (Å²) < 4.78 is 46.7. The molecule has 8 heteroatoms. The first-order valence-corrected chi connectivity index (χ1v) is 8.15. The molecule has 0 aliphatic carbocycles. The van der Waals surface area contributed by atoms with Gasteiger partial charge in [-0.1, -0.05) is 0 Å². The van der Waals surface area contributed by atoms with Crippen molar-refractivity contribution in [1.82, 2.24) is 4.57 Å². The molecule has 1 heterocycles. The quantitative estimate of drug-likeness (QED) is 0.796. The number of halogens is 1. The molecule has 0 saturated carbocycles. The van der Waals surface area contributed by atoms with E-state index in [0.717, 1.165) is 6.07 Å². The maximum absolute atomic E-state index is 13.3. The summed E-state index contributed by atoms with van der Waals surface area (Å²) in [6, 6.07) is 8.05. The Morgan fingerprint density at radius 3 is 2.61 bits per heavy atom. The highest BCUT2D eigenvalue weighted by Crippen LogP contribution is 2.22. The van der Waals surface area contributed by atoms with Crippen molar-refractivity contribution in [3.05, 3.63) is 58.3 Å². The Kier molecular flexibility index (Phi) is 3.48. The molecule has 0 atom stereocenters. The Bertz CT molecular complexity index is 1070. The number of benzene rings is 2. The third-order valence-electron chi connectivity index (χ3n) is 3.48. The van der Waals surface area contributed by atoms with Crippen molar-refractivity contribution >= 4 is 26.8 Å². The lowest BCUT2D eigenvalue weighted by Crippen LogP contribution is -2.13. The van der Waals surface area contributed by atoms with Crippen molar-refractivity contribution in [2.45, 2.75) is 11.8 Å². The fraction of sp³-hybridized carbons (Fsp3) is 0.133. The summed E-state index contributed by atoms with van der Waals surface area (Å²) in [6.07, 6.45) is 0. The van der Waals surface area contributed by atoms with Gasteiger partial charge in [0.05, 0.1) is 16.1 Å². The van der Waals surface area contributed by atoms with Gasteiger partial charge in [0.25, 0.3) is 10.0 Å². The largest absolute Gasteiger partial charge is 0.419 e. The lowest BCUT2D eigenvalue weighted by Gasteiger charge is -2.09. The summed E-state index contributed by atoms with van der Waals surface area (Å²) in [5, 5.41) is 0. The molecule has 6 nitrogen and oxygen atoms in total. The zero-order chi connectivity index (χ0) is 16.8. The van der Waals surface area contributed by atoms with Crippen molar-refractivity contribution in [3.8, 4) is 0 Å². The molecule has 2 aromatic carbocycles. The van der Waals surface area contributed by atoms with E-state index >= 15 is 0 Å². The maximum Gasteiger partial charge on any atom is 0.419 e. The summed E-state index contributed by atoms with van der Waals surface area (Å²) in [4.78, 5) is 11.4. The van der Waals surface area contributed by atoms with Crippen LogP contribution in [0.1, 0.15) is 5.56 Å². The first-order valence-electron chi connectivity index (χ1n) is 6.66. The first kappa shape index (κ1) is 15.3. The second-order valence-electron chi connectivity index (χ2n) is 5.13. The molecule has 0 saturated heterocycles. The normalized spacial score (nSPS) is 11.8. The van der Waals surface area contributed by atoms with Crippen LogP contribution in [0, 0.1) is 12.7 Å². The van der Waals surface area contributed by atoms with E-state index in [1.807, 2.05) is 0 Å². The molecular formula is C15H13FN2O4S. The summed E-state index contributed by atoms with van der Waals surface area (Å²) in [5.74, 6) is -1.01. The van der Waals surface area contributed by atoms with Gasteiger partial charge in [-0.05, 0) is 42.8 Å². The highest BCUT2D eigenvalue weighted by molar-refractivity contribution is 7.92. The minimum Gasteiger partial charge on any atom is -0.408 e. The highest BCUT2D eigenvalue weighted by atomic mass is 32.2. The van der Waals surface area contributed by atoms with Gasteiger partial charge in [0.15, 0.2) is 5.58 Å². The summed E-state index contributed by atoms with van der Waals surface area (Å²) >= 11 is 0. The number of fused-ring (bicyclic) bond motifs is 1. The second kappa shape index (κ2) is 5.24. The SMILES string of the molecule is Cc1cc(S(=O)(=O)Nc2ccc3c(c2)oc(=O)n3C)ccc1F. The number of hydrogen-bond donors (Lipinski definition) is 1. The third-order valence-corrected chi connectivity index (χ3v) is 4.86. The van der Waals surface area contributed by atoms with Gasteiger partial charge in [0.2, 0.25) is 0 Å². The molecule has 0 aliphatic heterocycles. The highest BCUT2D eigenvalue weighted by Gasteiger charge is 2.16. The molecular weight excluding hydrogens is 323 g/mol. The van der Waals surface area contributed by atoms with Crippen molar-refractivity contribution in [2.75, 3.05) is 4.72 Å². The molecule has 0 radical (unpaired) electrons. The van der Waals surface area contributed by atoms with Crippen molar-refractivity contribution in [3.63, 3.8) is 0 Å². The molecule has 120 valence electrons. The molecule has 0 unspecified atom stereocenters. The molecule has 1 N–H and O–H groups in total. The number of nitrogens with zero attached hydrogens (tertiary/aromatic N) is 1. The number of nitrogens with one attached hydrogen (secondary N) is 1. The van der Waals surface area contributed by atoms with E-state index < -0.39 is 21.6 Å². The van der Waals surface area contributed by atoms with Crippen LogP contribution in [0.2, 0.25) is 0 Å². The molecule has 0 aliphatic rings. The van der Waals surface area contributed by atoms with Gasteiger partial charge >= 0.3 is 5.76 Å². The van der Waals surface area contributed by atoms with Crippen molar-refractivity contribution in [1.29, 1.82) is 0 Å². The fourth-order valence-corrected chi connectivity index (χ4v) is 3.33. The topological polar surface area (TPSA) is 81.3 Å². The Labute approximate surface area is 131 Å². The predicted molar refractivity (Wildman–Crippen MR) is 83.4 cm³/mol. The Morgan fingerprint density at radius 2 is 1.91 bits per heavy atom. The standard InChI is InChI=1S/C15H13FN2O4S/c1-9-7-11(4-5-12(9)16)23(20,21)17-10-3-6-13-14(8-10)22-15(19)18(13)2/h3-8,17H,1-2H3. The van der Waals surface area contributed by atoms with E-state index in [1.165, 1.54) is 35.8 Å². The predicted octanol–water partition coefficient (Wildman–Crippen LogP) is 2.38. The summed E-state index contributed by atoms with van der Waals surface area (Å²) in [5.41, 5.74) is 1.30. The molecule has 1 aromatic heterocycles. The van der Waals surface area contributed by atoms with Crippen LogP contribution in [0.15, 0.2) is 50.5 Å². The smallest absolute Gasteiger partial charge is 0.408 e. The third kappa shape index (κ3) is 2.72. The number of anilines is 1. The number of aryl methyl sites for hydroxylation is 2. The molecule has 0 bridgehead atoms. The Morgan fingerprint density at radius 1 is 1.17 bits per heavy atom. The maximum atomic E-state index is 13.3. The second-order valence-corrected chi connectivity index (χ2v) is 6.81. The first-order chi connectivity index (χ1) is 10.8. The summed E-state index contributed by atoms with van der Waals surface area (Å²) in [7, 11) is -2.31. The van der Waals surface area contributed by atoms with E-state index in [0.29, 0.717) is 5.52 Å². The van der Waals surface area contributed by atoms with E-state index in [-0.39, 0.29) is 21.7 Å². The van der Waals surface area contributed by atoms with Crippen LogP contribution in [-0.4, -0.2) is 13.0 Å². The number of sulfonamides is 1. The molecule has 0 spiro atoms. The van der Waals surface area contributed by atoms with E-state index in [1.54, 1.807) is 13.1 Å². The van der Waals surface area contributed by atoms with E-state index in [9.17, 15) is 17.6 Å².